The van der Waals surface area contributed by atoms with E-state index in [9.17, 15) is 14.4 Å². The van der Waals surface area contributed by atoms with Crippen LogP contribution in [0.15, 0.2) is 70.3 Å². The van der Waals surface area contributed by atoms with Gasteiger partial charge in [-0.1, -0.05) is 54.1 Å². The Labute approximate surface area is 177 Å². The van der Waals surface area contributed by atoms with E-state index in [1.165, 1.54) is 4.90 Å². The summed E-state index contributed by atoms with van der Waals surface area (Å²) < 4.78 is 0. The van der Waals surface area contributed by atoms with Crippen molar-refractivity contribution in [2.75, 3.05) is 14.1 Å². The number of halogens is 1. The number of nitrogens with zero attached hydrogens (tertiary/aromatic N) is 2. The molecule has 0 aliphatic rings. The molecule has 0 aliphatic heterocycles. The van der Waals surface area contributed by atoms with Crippen LogP contribution >= 0.6 is 11.6 Å². The Morgan fingerprint density at radius 1 is 0.933 bits per heavy atom. The minimum absolute atomic E-state index is 0.250. The highest BCUT2D eigenvalue weighted by molar-refractivity contribution is 6.30. The highest BCUT2D eigenvalue weighted by Crippen LogP contribution is 2.29. The summed E-state index contributed by atoms with van der Waals surface area (Å²) in [6.45, 7) is 0. The molecule has 2 aromatic heterocycles. The Morgan fingerprint density at radius 2 is 1.57 bits per heavy atom. The third-order valence-electron chi connectivity index (χ3n) is 4.14. The Balaban J connectivity index is 0.000000461. The zero-order valence-electron chi connectivity index (χ0n) is 16.3. The first-order valence-corrected chi connectivity index (χ1v) is 9.37. The molecule has 0 aliphatic carbocycles. The van der Waals surface area contributed by atoms with Gasteiger partial charge >= 0.3 is 5.69 Å². The quantitative estimate of drug-likeness (QED) is 0.495. The lowest BCUT2D eigenvalue weighted by molar-refractivity contribution is -0.115. The van der Waals surface area contributed by atoms with E-state index in [0.717, 1.165) is 17.5 Å². The van der Waals surface area contributed by atoms with Crippen molar-refractivity contribution in [3.05, 3.63) is 86.5 Å². The SMILES string of the molecule is CN(C)C=O.O=c1[nH]c(=O)c2c(-c3ccccc3)cc(-c3ccc(Cl)cc3)nc2[nH]1. The predicted octanol–water partition coefficient (Wildman–Crippen LogP) is 3.30. The lowest BCUT2D eigenvalue weighted by Gasteiger charge is -2.09. The minimum Gasteiger partial charge on any atom is -0.351 e. The summed E-state index contributed by atoms with van der Waals surface area (Å²) in [5.41, 5.74) is 2.25. The molecule has 2 aromatic carbocycles. The number of aromatic nitrogens is 3. The molecule has 152 valence electrons. The standard InChI is InChI=1S/C19H12ClN3O2.C3H7NO/c20-13-8-6-12(7-9-13)15-10-14(11-4-2-1-3-5-11)16-17(21-15)22-19(25)23-18(16)24;1-4(2)3-5/h1-10H,(H2,21,22,23,24,25);3H,1-2H3. The summed E-state index contributed by atoms with van der Waals surface area (Å²) in [7, 11) is 3.38. The van der Waals surface area contributed by atoms with E-state index in [1.54, 1.807) is 26.2 Å². The molecule has 0 spiro atoms. The van der Waals surface area contributed by atoms with Crippen LogP contribution in [0.4, 0.5) is 0 Å². The van der Waals surface area contributed by atoms with Crippen LogP contribution in [0, 0.1) is 0 Å². The smallest absolute Gasteiger partial charge is 0.327 e. The van der Waals surface area contributed by atoms with E-state index in [4.69, 9.17) is 11.6 Å². The van der Waals surface area contributed by atoms with Gasteiger partial charge in [0.05, 0.1) is 11.1 Å². The maximum Gasteiger partial charge on any atom is 0.327 e. The molecular weight excluding hydrogens is 404 g/mol. The second kappa shape index (κ2) is 9.19. The Kier molecular flexibility index (Phi) is 6.44. The number of hydrogen-bond donors (Lipinski definition) is 2. The number of aromatic amines is 2. The van der Waals surface area contributed by atoms with Crippen molar-refractivity contribution in [1.29, 1.82) is 0 Å². The molecule has 2 heterocycles. The third kappa shape index (κ3) is 4.82. The van der Waals surface area contributed by atoms with Crippen LogP contribution in [0.1, 0.15) is 0 Å². The summed E-state index contributed by atoms with van der Waals surface area (Å²) in [5.74, 6) is 0. The monoisotopic (exact) mass is 422 g/mol. The number of rotatable bonds is 3. The van der Waals surface area contributed by atoms with Crippen molar-refractivity contribution in [2.24, 2.45) is 0 Å². The molecule has 8 heteroatoms. The molecule has 0 radical (unpaired) electrons. The van der Waals surface area contributed by atoms with E-state index in [2.05, 4.69) is 15.0 Å². The Morgan fingerprint density at radius 3 is 2.17 bits per heavy atom. The number of fused-ring (bicyclic) bond motifs is 1. The molecule has 0 bridgehead atoms. The van der Waals surface area contributed by atoms with Crippen LogP contribution in [0.2, 0.25) is 5.02 Å². The summed E-state index contributed by atoms with van der Waals surface area (Å²) in [6, 6.07) is 18.6. The number of hydrogen-bond acceptors (Lipinski definition) is 4. The molecule has 0 unspecified atom stereocenters. The Bertz CT molecular complexity index is 1280. The van der Waals surface area contributed by atoms with E-state index >= 15 is 0 Å². The molecule has 0 atom stereocenters. The van der Waals surface area contributed by atoms with Gasteiger partial charge in [0.25, 0.3) is 5.56 Å². The van der Waals surface area contributed by atoms with Gasteiger partial charge in [-0.25, -0.2) is 9.78 Å². The molecule has 4 aromatic rings. The van der Waals surface area contributed by atoms with Crippen LogP contribution in [0.25, 0.3) is 33.4 Å². The molecule has 2 N–H and O–H groups in total. The van der Waals surface area contributed by atoms with Gasteiger partial charge in [0.2, 0.25) is 6.41 Å². The fourth-order valence-electron chi connectivity index (χ4n) is 2.78. The van der Waals surface area contributed by atoms with Gasteiger partial charge in [0.1, 0.15) is 5.65 Å². The van der Waals surface area contributed by atoms with Gasteiger partial charge in [-0.3, -0.25) is 19.6 Å². The van der Waals surface area contributed by atoms with E-state index in [0.29, 0.717) is 21.7 Å². The van der Waals surface area contributed by atoms with Crippen molar-refractivity contribution in [2.45, 2.75) is 0 Å². The summed E-state index contributed by atoms with van der Waals surface area (Å²) >= 11 is 5.95. The van der Waals surface area contributed by atoms with E-state index in [1.807, 2.05) is 48.5 Å². The molecule has 4 rings (SSSR count). The van der Waals surface area contributed by atoms with Gasteiger partial charge in [-0.05, 0) is 23.8 Å². The second-order valence-corrected chi connectivity index (χ2v) is 7.07. The highest BCUT2D eigenvalue weighted by Gasteiger charge is 2.13. The van der Waals surface area contributed by atoms with E-state index < -0.39 is 11.2 Å². The minimum atomic E-state index is -0.586. The van der Waals surface area contributed by atoms with Gasteiger partial charge in [0.15, 0.2) is 0 Å². The van der Waals surface area contributed by atoms with Crippen LogP contribution in [-0.4, -0.2) is 40.4 Å². The topological polar surface area (TPSA) is 98.9 Å². The lowest BCUT2D eigenvalue weighted by Crippen LogP contribution is -2.23. The largest absolute Gasteiger partial charge is 0.351 e. The van der Waals surface area contributed by atoms with Gasteiger partial charge < -0.3 is 4.90 Å². The fourth-order valence-corrected chi connectivity index (χ4v) is 2.91. The van der Waals surface area contributed by atoms with Gasteiger partial charge in [0, 0.05) is 30.2 Å². The van der Waals surface area contributed by atoms with Crippen molar-refractivity contribution in [1.82, 2.24) is 19.9 Å². The first kappa shape index (κ1) is 21.0. The van der Waals surface area contributed by atoms with Crippen LogP contribution in [0.5, 0.6) is 0 Å². The van der Waals surface area contributed by atoms with Crippen molar-refractivity contribution in [3.8, 4) is 22.4 Å². The number of benzene rings is 2. The maximum absolute atomic E-state index is 12.4. The third-order valence-corrected chi connectivity index (χ3v) is 4.39. The van der Waals surface area contributed by atoms with Crippen molar-refractivity contribution in [3.63, 3.8) is 0 Å². The van der Waals surface area contributed by atoms with Gasteiger partial charge in [-0.15, -0.1) is 0 Å². The summed E-state index contributed by atoms with van der Waals surface area (Å²) in [6.07, 6.45) is 0.750. The normalized spacial score (nSPS) is 10.2. The number of carbonyl (C=O) groups is 1. The highest BCUT2D eigenvalue weighted by atomic mass is 35.5. The van der Waals surface area contributed by atoms with Crippen molar-refractivity contribution >= 4 is 29.0 Å². The number of pyridine rings is 1. The maximum atomic E-state index is 12.4. The lowest BCUT2D eigenvalue weighted by atomic mass is 10.0. The number of H-pyrrole nitrogens is 2. The second-order valence-electron chi connectivity index (χ2n) is 6.63. The Hall–Kier alpha value is -3.71. The fraction of sp³-hybridized carbons (Fsp3) is 0.0909. The zero-order valence-corrected chi connectivity index (χ0v) is 17.1. The van der Waals surface area contributed by atoms with E-state index in [-0.39, 0.29) is 5.65 Å². The van der Waals surface area contributed by atoms with Gasteiger partial charge in [-0.2, -0.15) is 0 Å². The molecule has 0 saturated carbocycles. The molecular formula is C22H19ClN4O3. The number of carbonyl (C=O) groups excluding carboxylic acids is 1. The van der Waals surface area contributed by atoms with Crippen LogP contribution in [-0.2, 0) is 4.79 Å². The summed E-state index contributed by atoms with van der Waals surface area (Å²) in [5, 5.41) is 0.973. The molecule has 0 fully saturated rings. The number of nitrogens with one attached hydrogen (secondary N) is 2. The molecule has 0 saturated heterocycles. The summed E-state index contributed by atoms with van der Waals surface area (Å²) in [4.78, 5) is 44.2. The number of amides is 1. The average Bonchev–Trinajstić information content (AvgIpc) is 2.74. The first-order chi connectivity index (χ1) is 14.4. The zero-order chi connectivity index (χ0) is 21.7. The molecule has 1 amide bonds. The average molecular weight is 423 g/mol. The molecule has 7 nitrogen and oxygen atoms in total. The van der Waals surface area contributed by atoms with Crippen molar-refractivity contribution < 1.29 is 4.79 Å². The van der Waals surface area contributed by atoms with Crippen LogP contribution in [0.3, 0.4) is 0 Å². The van der Waals surface area contributed by atoms with Crippen LogP contribution < -0.4 is 11.2 Å². The first-order valence-electron chi connectivity index (χ1n) is 8.99. The predicted molar refractivity (Wildman–Crippen MR) is 119 cm³/mol. The molecule has 30 heavy (non-hydrogen) atoms.